The first-order chi connectivity index (χ1) is 8.01. The van der Waals surface area contributed by atoms with Crippen molar-refractivity contribution in [1.29, 1.82) is 5.26 Å². The van der Waals surface area contributed by atoms with Crippen LogP contribution in [0.25, 0.3) is 0 Å². The van der Waals surface area contributed by atoms with Crippen LogP contribution in [-0.2, 0) is 4.74 Å². The summed E-state index contributed by atoms with van der Waals surface area (Å²) in [4.78, 5) is 14.9. The van der Waals surface area contributed by atoms with E-state index in [1.807, 2.05) is 0 Å². The number of hydrogen-bond donors (Lipinski definition) is 1. The molecule has 0 aliphatic carbocycles. The molecule has 7 heteroatoms. The van der Waals surface area contributed by atoms with Crippen molar-refractivity contribution in [3.63, 3.8) is 0 Å². The largest absolute Gasteiger partial charge is 0.462 e. The number of carbonyl (C=O) groups excluding carboxylic acids is 1. The zero-order chi connectivity index (χ0) is 13.0. The van der Waals surface area contributed by atoms with Gasteiger partial charge in [-0.25, -0.2) is 18.6 Å². The standard InChI is InChI=1S/C10H9F2N3O2/c1-2-17-10(16)5-3-6(8(11)12)9(14)15-7(5)4-13/h3,8H,2H2,1H3,(H2,14,15). The van der Waals surface area contributed by atoms with Crippen molar-refractivity contribution >= 4 is 11.8 Å². The van der Waals surface area contributed by atoms with Crippen molar-refractivity contribution in [3.05, 3.63) is 22.9 Å². The minimum atomic E-state index is -2.87. The van der Waals surface area contributed by atoms with Crippen LogP contribution in [0.4, 0.5) is 14.6 Å². The lowest BCUT2D eigenvalue weighted by Crippen LogP contribution is -2.11. The van der Waals surface area contributed by atoms with E-state index in [2.05, 4.69) is 9.72 Å². The molecule has 0 bridgehead atoms. The Morgan fingerprint density at radius 2 is 2.35 bits per heavy atom. The van der Waals surface area contributed by atoms with Crippen LogP contribution in [0.3, 0.4) is 0 Å². The summed E-state index contributed by atoms with van der Waals surface area (Å²) < 4.78 is 29.7. The Kier molecular flexibility index (Phi) is 3.93. The molecule has 2 N–H and O–H groups in total. The molecule has 1 aromatic rings. The maximum atomic E-state index is 12.5. The smallest absolute Gasteiger partial charge is 0.341 e. The first-order valence-electron chi connectivity index (χ1n) is 4.67. The van der Waals surface area contributed by atoms with Gasteiger partial charge < -0.3 is 10.5 Å². The Bertz CT molecular complexity index is 483. The summed E-state index contributed by atoms with van der Waals surface area (Å²) >= 11 is 0. The van der Waals surface area contributed by atoms with Gasteiger partial charge in [-0.2, -0.15) is 5.26 Å². The summed E-state index contributed by atoms with van der Waals surface area (Å²) in [6, 6.07) is 2.44. The molecule has 1 heterocycles. The maximum absolute atomic E-state index is 12.5. The highest BCUT2D eigenvalue weighted by Crippen LogP contribution is 2.26. The Balaban J connectivity index is 3.32. The number of ether oxygens (including phenoxy) is 1. The first-order valence-corrected chi connectivity index (χ1v) is 4.67. The van der Waals surface area contributed by atoms with Crippen molar-refractivity contribution in [3.8, 4) is 6.07 Å². The third-order valence-electron chi connectivity index (χ3n) is 1.92. The number of carbonyl (C=O) groups is 1. The maximum Gasteiger partial charge on any atom is 0.341 e. The summed E-state index contributed by atoms with van der Waals surface area (Å²) in [6.07, 6.45) is -2.87. The second-order valence-corrected chi connectivity index (χ2v) is 2.99. The number of hydrogen-bond acceptors (Lipinski definition) is 5. The lowest BCUT2D eigenvalue weighted by molar-refractivity contribution is 0.0525. The monoisotopic (exact) mass is 241 g/mol. The average molecular weight is 241 g/mol. The minimum absolute atomic E-state index is 0.0675. The van der Waals surface area contributed by atoms with Crippen LogP contribution in [0.1, 0.15) is 35.0 Å². The van der Waals surface area contributed by atoms with E-state index in [1.165, 1.54) is 0 Å². The van der Waals surface area contributed by atoms with Gasteiger partial charge in [-0.15, -0.1) is 0 Å². The molecule has 0 atom stereocenters. The van der Waals surface area contributed by atoms with Gasteiger partial charge in [0.25, 0.3) is 6.43 Å². The number of aromatic nitrogens is 1. The van der Waals surface area contributed by atoms with Crippen LogP contribution in [-0.4, -0.2) is 17.6 Å². The third-order valence-corrected chi connectivity index (χ3v) is 1.92. The molecular weight excluding hydrogens is 232 g/mol. The summed E-state index contributed by atoms with van der Waals surface area (Å²) in [5.41, 5.74) is 4.02. The highest BCUT2D eigenvalue weighted by atomic mass is 19.3. The van der Waals surface area contributed by atoms with Gasteiger partial charge in [-0.05, 0) is 13.0 Å². The summed E-state index contributed by atoms with van der Waals surface area (Å²) in [5, 5.41) is 8.73. The number of rotatable bonds is 3. The number of nitriles is 1. The molecular formula is C10H9F2N3O2. The summed E-state index contributed by atoms with van der Waals surface area (Å²) in [7, 11) is 0. The molecule has 0 aliphatic rings. The van der Waals surface area contributed by atoms with Gasteiger partial charge in [0.15, 0.2) is 5.69 Å². The Morgan fingerprint density at radius 3 is 2.82 bits per heavy atom. The van der Waals surface area contributed by atoms with Gasteiger partial charge in [0, 0.05) is 0 Å². The molecule has 90 valence electrons. The fourth-order valence-corrected chi connectivity index (χ4v) is 1.17. The number of halogens is 2. The van der Waals surface area contributed by atoms with Crippen LogP contribution in [0.15, 0.2) is 6.07 Å². The molecule has 17 heavy (non-hydrogen) atoms. The van der Waals surface area contributed by atoms with Gasteiger partial charge in [0.2, 0.25) is 0 Å². The van der Waals surface area contributed by atoms with E-state index < -0.39 is 23.8 Å². The topological polar surface area (TPSA) is 89.0 Å². The van der Waals surface area contributed by atoms with Crippen molar-refractivity contribution in [1.82, 2.24) is 4.98 Å². The predicted molar refractivity (Wildman–Crippen MR) is 54.3 cm³/mol. The van der Waals surface area contributed by atoms with E-state index >= 15 is 0 Å². The Hall–Kier alpha value is -2.23. The molecule has 1 rings (SSSR count). The molecule has 5 nitrogen and oxygen atoms in total. The van der Waals surface area contributed by atoms with E-state index in [0.29, 0.717) is 0 Å². The quantitative estimate of drug-likeness (QED) is 0.812. The molecule has 0 saturated heterocycles. The van der Waals surface area contributed by atoms with E-state index in [-0.39, 0.29) is 17.9 Å². The predicted octanol–water partition coefficient (Wildman–Crippen LogP) is 1.65. The number of anilines is 1. The first kappa shape index (κ1) is 12.8. The number of nitrogens with two attached hydrogens (primary N) is 1. The zero-order valence-electron chi connectivity index (χ0n) is 8.91. The molecule has 0 aromatic carbocycles. The highest BCUT2D eigenvalue weighted by molar-refractivity contribution is 5.92. The van der Waals surface area contributed by atoms with Crippen LogP contribution in [0.2, 0.25) is 0 Å². The fraction of sp³-hybridized carbons (Fsp3) is 0.300. The van der Waals surface area contributed by atoms with Gasteiger partial charge >= 0.3 is 5.97 Å². The fourth-order valence-electron chi connectivity index (χ4n) is 1.17. The van der Waals surface area contributed by atoms with Crippen molar-refractivity contribution < 1.29 is 18.3 Å². The normalized spacial score (nSPS) is 10.1. The number of esters is 1. The second kappa shape index (κ2) is 5.21. The van der Waals surface area contributed by atoms with Crippen molar-refractivity contribution in [2.75, 3.05) is 12.3 Å². The van der Waals surface area contributed by atoms with Crippen molar-refractivity contribution in [2.45, 2.75) is 13.3 Å². The molecule has 0 amide bonds. The van der Waals surface area contributed by atoms with Crippen LogP contribution in [0, 0.1) is 11.3 Å². The SMILES string of the molecule is CCOC(=O)c1cc(C(F)F)c(N)nc1C#N. The van der Waals surface area contributed by atoms with Gasteiger partial charge in [-0.3, -0.25) is 0 Å². The van der Waals surface area contributed by atoms with Crippen LogP contribution >= 0.6 is 0 Å². The Morgan fingerprint density at radius 1 is 1.71 bits per heavy atom. The third kappa shape index (κ3) is 2.66. The Labute approximate surface area is 95.8 Å². The molecule has 0 unspecified atom stereocenters. The van der Waals surface area contributed by atoms with E-state index in [1.54, 1.807) is 13.0 Å². The second-order valence-electron chi connectivity index (χ2n) is 2.99. The summed E-state index contributed by atoms with van der Waals surface area (Å²) in [5.74, 6) is -1.34. The molecule has 1 aromatic heterocycles. The molecule has 0 radical (unpaired) electrons. The highest BCUT2D eigenvalue weighted by Gasteiger charge is 2.21. The number of nitrogen functional groups attached to an aromatic ring is 1. The van der Waals surface area contributed by atoms with Crippen LogP contribution in [0.5, 0.6) is 0 Å². The van der Waals surface area contributed by atoms with Gasteiger partial charge in [0.1, 0.15) is 11.9 Å². The molecule has 0 aliphatic heterocycles. The van der Waals surface area contributed by atoms with Crippen LogP contribution < -0.4 is 5.73 Å². The number of alkyl halides is 2. The van der Waals surface area contributed by atoms with E-state index in [4.69, 9.17) is 11.0 Å². The lowest BCUT2D eigenvalue weighted by atomic mass is 10.1. The molecule has 0 fully saturated rings. The summed E-state index contributed by atoms with van der Waals surface area (Å²) in [6.45, 7) is 1.63. The lowest BCUT2D eigenvalue weighted by Gasteiger charge is -2.08. The van der Waals surface area contributed by atoms with Crippen molar-refractivity contribution in [2.24, 2.45) is 0 Å². The minimum Gasteiger partial charge on any atom is -0.462 e. The van der Waals surface area contributed by atoms with Gasteiger partial charge in [-0.1, -0.05) is 0 Å². The zero-order valence-corrected chi connectivity index (χ0v) is 8.91. The number of nitrogens with zero attached hydrogens (tertiary/aromatic N) is 2. The van der Waals surface area contributed by atoms with E-state index in [9.17, 15) is 13.6 Å². The van der Waals surface area contributed by atoms with Gasteiger partial charge in [0.05, 0.1) is 17.7 Å². The molecule has 0 saturated carbocycles. The van der Waals surface area contributed by atoms with E-state index in [0.717, 1.165) is 6.07 Å². The number of pyridine rings is 1. The molecule has 0 spiro atoms. The average Bonchev–Trinajstić information content (AvgIpc) is 2.28.